The summed E-state index contributed by atoms with van der Waals surface area (Å²) in [5, 5.41) is 2.56. The van der Waals surface area contributed by atoms with Crippen LogP contribution in [0, 0.1) is 0 Å². The maximum Gasteiger partial charge on any atom is 0.258 e. The van der Waals surface area contributed by atoms with Crippen LogP contribution in [-0.2, 0) is 20.8 Å². The molecule has 0 amide bonds. The average molecular weight is 665 g/mol. The molecule has 224 valence electrons. The van der Waals surface area contributed by atoms with Gasteiger partial charge in [-0.1, -0.05) is 109 Å². The highest BCUT2D eigenvalue weighted by Crippen LogP contribution is 2.26. The van der Waals surface area contributed by atoms with Gasteiger partial charge in [-0.3, -0.25) is 8.42 Å². The third kappa shape index (κ3) is 12.4. The summed E-state index contributed by atoms with van der Waals surface area (Å²) in [6.45, 7) is 0. The molecule has 0 aliphatic carbocycles. The second-order valence-corrected chi connectivity index (χ2v) is 13.5. The van der Waals surface area contributed by atoms with Crippen molar-refractivity contribution in [3.05, 3.63) is 182 Å². The van der Waals surface area contributed by atoms with Crippen LogP contribution in [0.4, 0.5) is 22.7 Å². The molecule has 0 unspecified atom stereocenters. The number of hydrogen-bond acceptors (Lipinski definition) is 4. The summed E-state index contributed by atoms with van der Waals surface area (Å²) < 4.78 is 31.3. The first-order chi connectivity index (χ1) is 21.9. The molecule has 0 spiro atoms. The molecule has 6 aromatic rings. The Hall–Kier alpha value is -4.22. The quantitative estimate of drug-likeness (QED) is 0.0772. The molecule has 0 N–H and O–H groups in total. The SMILES string of the molecule is O=S(=O)([O-])[S-].c1ccc(P=[N+](c2ccccc2)c2ccccc2)cc1.c1ccc(P=[N+](c2ccccc2)c2ccccc2)cc1. The van der Waals surface area contributed by atoms with Crippen molar-refractivity contribution in [2.24, 2.45) is 0 Å². The zero-order chi connectivity index (χ0) is 31.7. The molecule has 0 radical (unpaired) electrons. The molecule has 0 fully saturated rings. The van der Waals surface area contributed by atoms with Crippen LogP contribution < -0.4 is 19.3 Å². The Kier molecular flexibility index (Phi) is 13.4. The molecule has 9 heteroatoms. The number of para-hydroxylation sites is 4. The van der Waals surface area contributed by atoms with E-state index >= 15 is 0 Å². The molecule has 0 heterocycles. The van der Waals surface area contributed by atoms with Gasteiger partial charge in [-0.25, -0.2) is 0 Å². The van der Waals surface area contributed by atoms with Crippen LogP contribution in [0.2, 0.25) is 0 Å². The van der Waals surface area contributed by atoms with Crippen molar-refractivity contribution >= 4 is 70.9 Å². The fraction of sp³-hybridized carbons (Fsp3) is 0. The second kappa shape index (κ2) is 17.9. The lowest BCUT2D eigenvalue weighted by molar-refractivity contribution is 0.483. The fourth-order valence-corrected chi connectivity index (χ4v) is 6.09. The minimum absolute atomic E-state index is 1.16. The summed E-state index contributed by atoms with van der Waals surface area (Å²) in [7, 11) is -2.02. The molecule has 0 atom stereocenters. The first-order valence-corrected chi connectivity index (χ1v) is 17.9. The summed E-state index contributed by atoms with van der Waals surface area (Å²) in [6.07, 6.45) is 0. The van der Waals surface area contributed by atoms with Crippen LogP contribution in [0.15, 0.2) is 182 Å². The van der Waals surface area contributed by atoms with E-state index in [0.717, 1.165) is 16.7 Å². The van der Waals surface area contributed by atoms with Crippen molar-refractivity contribution < 1.29 is 13.0 Å². The Bertz CT molecular complexity index is 1680. The molecule has 0 aliphatic rings. The highest BCUT2D eigenvalue weighted by molar-refractivity contribution is 8.50. The van der Waals surface area contributed by atoms with E-state index < -0.39 is 9.15 Å². The molecule has 6 aromatic carbocycles. The predicted molar refractivity (Wildman–Crippen MR) is 192 cm³/mol. The Morgan fingerprint density at radius 1 is 0.400 bits per heavy atom. The summed E-state index contributed by atoms with van der Waals surface area (Å²) in [5.74, 6) is 0. The van der Waals surface area contributed by atoms with E-state index in [1.807, 2.05) is 36.4 Å². The minimum atomic E-state index is -4.33. The van der Waals surface area contributed by atoms with E-state index in [4.69, 9.17) is 13.0 Å². The molecule has 0 bridgehead atoms. The summed E-state index contributed by atoms with van der Waals surface area (Å²) in [6, 6.07) is 63.0. The van der Waals surface area contributed by atoms with Crippen LogP contribution in [-0.4, -0.2) is 13.0 Å². The number of rotatable bonds is 6. The standard InChI is InChI=1S/2C18H15NP.H2O3S2/c2*1-4-10-16(11-5-1)19(17-12-6-2-7-13-17)20-18-14-8-3-9-15-18;1-5(2,3)4/h2*1-15H;(H2,1,2,3,4)/q2*+1;/p-2. The first kappa shape index (κ1) is 33.7. The number of nitrogens with zero attached hydrogens (tertiary/aromatic N) is 2. The smallest absolute Gasteiger partial charge is 0.258 e. The van der Waals surface area contributed by atoms with Gasteiger partial charge in [-0.15, -0.1) is 8.66 Å². The van der Waals surface area contributed by atoms with Gasteiger partial charge < -0.3 is 16.2 Å². The molecule has 6 rings (SSSR count). The van der Waals surface area contributed by atoms with Crippen LogP contribution in [0.1, 0.15) is 0 Å². The zero-order valence-corrected chi connectivity index (χ0v) is 27.6. The fourth-order valence-electron chi connectivity index (χ4n) is 4.03. The normalized spacial score (nSPS) is 10.5. The van der Waals surface area contributed by atoms with Crippen LogP contribution in [0.25, 0.3) is 0 Å². The lowest BCUT2D eigenvalue weighted by Gasteiger charge is -2.07. The molecule has 0 aliphatic heterocycles. The Balaban J connectivity index is 0.000000179. The molecule has 0 saturated carbocycles. The van der Waals surface area contributed by atoms with Gasteiger partial charge in [0.15, 0.2) is 0 Å². The van der Waals surface area contributed by atoms with Gasteiger partial charge in [-0.05, 0) is 33.4 Å². The molecular formula is C36H30N2O3P2S2. The first-order valence-electron chi connectivity index (χ1n) is 13.9. The Labute approximate surface area is 273 Å². The van der Waals surface area contributed by atoms with Crippen molar-refractivity contribution in [1.82, 2.24) is 8.66 Å². The topological polar surface area (TPSA) is 63.2 Å². The second-order valence-electron chi connectivity index (χ2n) is 9.25. The molecule has 0 saturated heterocycles. The zero-order valence-electron chi connectivity index (χ0n) is 24.2. The van der Waals surface area contributed by atoms with E-state index in [0.29, 0.717) is 0 Å². The number of benzene rings is 6. The number of hydrogen-bond donors (Lipinski definition) is 0. The van der Waals surface area contributed by atoms with Crippen LogP contribution >= 0.6 is 16.7 Å². The van der Waals surface area contributed by atoms with Gasteiger partial charge in [0.1, 0.15) is 0 Å². The van der Waals surface area contributed by atoms with Gasteiger partial charge in [0.05, 0.1) is 10.6 Å². The molecular weight excluding hydrogens is 634 g/mol. The molecule has 5 nitrogen and oxygen atoms in total. The highest BCUT2D eigenvalue weighted by Gasteiger charge is 2.14. The van der Waals surface area contributed by atoms with Gasteiger partial charge in [0.2, 0.25) is 22.7 Å². The highest BCUT2D eigenvalue weighted by atomic mass is 33.1. The van der Waals surface area contributed by atoms with Crippen molar-refractivity contribution in [3.8, 4) is 0 Å². The van der Waals surface area contributed by atoms with Crippen molar-refractivity contribution in [1.29, 1.82) is 0 Å². The largest absolute Gasteiger partial charge is 0.768 e. The Morgan fingerprint density at radius 2 is 0.578 bits per heavy atom. The lowest BCUT2D eigenvalue weighted by atomic mass is 10.3. The minimum Gasteiger partial charge on any atom is -0.768 e. The summed E-state index contributed by atoms with van der Waals surface area (Å²) in [5.41, 5.74) is 4.79. The van der Waals surface area contributed by atoms with E-state index in [1.165, 1.54) is 33.4 Å². The Morgan fingerprint density at radius 3 is 0.778 bits per heavy atom. The third-order valence-electron chi connectivity index (χ3n) is 5.95. The third-order valence-corrected chi connectivity index (χ3v) is 8.33. The van der Waals surface area contributed by atoms with E-state index in [9.17, 15) is 0 Å². The molecule has 45 heavy (non-hydrogen) atoms. The molecule has 0 aromatic heterocycles. The van der Waals surface area contributed by atoms with Crippen molar-refractivity contribution in [3.63, 3.8) is 0 Å². The summed E-state index contributed by atoms with van der Waals surface area (Å²) >= 11 is 3.24. The van der Waals surface area contributed by atoms with Gasteiger partial charge in [0.25, 0.3) is 16.7 Å². The van der Waals surface area contributed by atoms with Crippen LogP contribution in [0.5, 0.6) is 0 Å². The van der Waals surface area contributed by atoms with Gasteiger partial charge in [-0.2, -0.15) is 0 Å². The predicted octanol–water partition coefficient (Wildman–Crippen LogP) is 8.95. The van der Waals surface area contributed by atoms with E-state index in [2.05, 4.69) is 166 Å². The van der Waals surface area contributed by atoms with E-state index in [-0.39, 0.29) is 0 Å². The maximum atomic E-state index is 8.89. The monoisotopic (exact) mass is 664 g/mol. The van der Waals surface area contributed by atoms with Gasteiger partial charge in [0, 0.05) is 48.5 Å². The lowest BCUT2D eigenvalue weighted by Crippen LogP contribution is -2.01. The average Bonchev–Trinajstić information content (AvgIpc) is 3.08. The van der Waals surface area contributed by atoms with Gasteiger partial charge >= 0.3 is 0 Å². The van der Waals surface area contributed by atoms with Crippen LogP contribution in [0.3, 0.4) is 0 Å². The van der Waals surface area contributed by atoms with Crippen molar-refractivity contribution in [2.75, 3.05) is 0 Å². The van der Waals surface area contributed by atoms with E-state index in [1.54, 1.807) is 0 Å². The maximum absolute atomic E-state index is 8.89. The van der Waals surface area contributed by atoms with Crippen molar-refractivity contribution in [2.45, 2.75) is 0 Å². The summed E-state index contributed by atoms with van der Waals surface area (Å²) in [4.78, 5) is 0.